The van der Waals surface area contributed by atoms with Crippen LogP contribution in [0, 0.1) is 0 Å². The van der Waals surface area contributed by atoms with Crippen LogP contribution in [0.15, 0.2) is 73.2 Å². The zero-order chi connectivity index (χ0) is 25.2. The number of fused-ring (bicyclic) bond motifs is 2. The van der Waals surface area contributed by atoms with Gasteiger partial charge in [0.05, 0.1) is 62.9 Å². The van der Waals surface area contributed by atoms with E-state index in [2.05, 4.69) is 15.3 Å². The number of ether oxygens (including phenoxy) is 1. The Morgan fingerprint density at radius 1 is 0.972 bits per heavy atom. The van der Waals surface area contributed by atoms with Crippen molar-refractivity contribution in [3.63, 3.8) is 0 Å². The predicted octanol–water partition coefficient (Wildman–Crippen LogP) is 6.37. The van der Waals surface area contributed by atoms with Crippen molar-refractivity contribution >= 4 is 62.7 Å². The third kappa shape index (κ3) is 4.39. The summed E-state index contributed by atoms with van der Waals surface area (Å²) >= 11 is 12.5. The van der Waals surface area contributed by atoms with Crippen LogP contribution in [0.1, 0.15) is 33.2 Å². The lowest BCUT2D eigenvalue weighted by Gasteiger charge is -2.16. The van der Waals surface area contributed by atoms with E-state index in [1.54, 1.807) is 43.6 Å². The van der Waals surface area contributed by atoms with Gasteiger partial charge in [0.2, 0.25) is 0 Å². The quantitative estimate of drug-likeness (QED) is 0.264. The first-order valence-corrected chi connectivity index (χ1v) is 12.0. The Balaban J connectivity index is 1.62. The summed E-state index contributed by atoms with van der Waals surface area (Å²) in [7, 11) is 0. The molecule has 3 aromatic carbocycles. The van der Waals surface area contributed by atoms with Gasteiger partial charge >= 0.3 is 5.97 Å². The van der Waals surface area contributed by atoms with E-state index in [9.17, 15) is 9.59 Å². The van der Waals surface area contributed by atoms with Crippen LogP contribution in [-0.2, 0) is 11.3 Å². The van der Waals surface area contributed by atoms with Gasteiger partial charge in [-0.2, -0.15) is 0 Å². The molecule has 0 radical (unpaired) electrons. The fourth-order valence-corrected chi connectivity index (χ4v) is 4.71. The van der Waals surface area contributed by atoms with Gasteiger partial charge in [-0.25, -0.2) is 9.78 Å². The SMILES string of the molecule is CCOC(=O)c1cnc2c(NC(=O)c3c(Cl)cccc3Cl)cccc2c1Cn1cnc2ccccc21. The number of para-hydroxylation sites is 3. The van der Waals surface area contributed by atoms with Crippen LogP contribution >= 0.6 is 23.2 Å². The Morgan fingerprint density at radius 3 is 2.50 bits per heavy atom. The van der Waals surface area contributed by atoms with Gasteiger partial charge in [0.15, 0.2) is 0 Å². The average molecular weight is 519 g/mol. The molecule has 0 atom stereocenters. The first-order chi connectivity index (χ1) is 17.5. The molecule has 9 heteroatoms. The fourth-order valence-electron chi connectivity index (χ4n) is 4.14. The summed E-state index contributed by atoms with van der Waals surface area (Å²) in [5.74, 6) is -0.930. The molecule has 0 aliphatic rings. The van der Waals surface area contributed by atoms with Crippen LogP contribution in [0.25, 0.3) is 21.9 Å². The lowest BCUT2D eigenvalue weighted by Crippen LogP contribution is -2.15. The number of carbonyl (C=O) groups excluding carboxylic acids is 2. The Kier molecular flexibility index (Phi) is 6.59. The molecule has 1 amide bonds. The summed E-state index contributed by atoms with van der Waals surface area (Å²) in [6.45, 7) is 2.34. The summed E-state index contributed by atoms with van der Waals surface area (Å²) in [5.41, 5.74) is 3.97. The van der Waals surface area contributed by atoms with E-state index in [1.165, 1.54) is 6.20 Å². The second-order valence-corrected chi connectivity index (χ2v) is 8.80. The first-order valence-electron chi connectivity index (χ1n) is 11.2. The lowest BCUT2D eigenvalue weighted by atomic mass is 10.0. The third-order valence-corrected chi connectivity index (χ3v) is 6.43. The Morgan fingerprint density at radius 2 is 1.72 bits per heavy atom. The normalized spacial score (nSPS) is 11.1. The second-order valence-electron chi connectivity index (χ2n) is 7.98. The van der Waals surface area contributed by atoms with E-state index in [0.717, 1.165) is 11.0 Å². The molecule has 0 unspecified atom stereocenters. The summed E-state index contributed by atoms with van der Waals surface area (Å²) in [5, 5.41) is 4.04. The van der Waals surface area contributed by atoms with E-state index in [0.29, 0.717) is 34.3 Å². The molecule has 5 rings (SSSR count). The van der Waals surface area contributed by atoms with Gasteiger partial charge in [0.1, 0.15) is 0 Å². The number of aromatic nitrogens is 3. The minimum Gasteiger partial charge on any atom is -0.462 e. The van der Waals surface area contributed by atoms with Crippen molar-refractivity contribution in [2.45, 2.75) is 13.5 Å². The summed E-state index contributed by atoms with van der Waals surface area (Å²) < 4.78 is 7.26. The highest BCUT2D eigenvalue weighted by atomic mass is 35.5. The molecule has 0 saturated heterocycles. The first kappa shape index (κ1) is 23.8. The van der Waals surface area contributed by atoms with Crippen LogP contribution < -0.4 is 5.32 Å². The predicted molar refractivity (Wildman–Crippen MR) is 141 cm³/mol. The number of hydrogen-bond donors (Lipinski definition) is 1. The number of hydrogen-bond acceptors (Lipinski definition) is 5. The van der Waals surface area contributed by atoms with E-state index >= 15 is 0 Å². The highest BCUT2D eigenvalue weighted by Gasteiger charge is 2.21. The molecule has 1 N–H and O–H groups in total. The van der Waals surface area contributed by atoms with E-state index in [-0.39, 0.29) is 22.2 Å². The fraction of sp³-hybridized carbons (Fsp3) is 0.111. The molecule has 0 aliphatic carbocycles. The van der Waals surface area contributed by atoms with Crippen LogP contribution in [0.4, 0.5) is 5.69 Å². The van der Waals surface area contributed by atoms with Crippen LogP contribution in [0.3, 0.4) is 0 Å². The van der Waals surface area contributed by atoms with E-state index < -0.39 is 11.9 Å². The standard InChI is InChI=1S/C27H20Cl2N4O3/c1-2-36-27(35)17-13-30-25-16(18(17)14-33-15-31-21-10-3-4-12-23(21)33)7-5-11-22(25)32-26(34)24-19(28)8-6-9-20(24)29/h3-13,15H,2,14H2,1H3,(H,32,34). The van der Waals surface area contributed by atoms with Gasteiger partial charge < -0.3 is 14.6 Å². The average Bonchev–Trinajstić information content (AvgIpc) is 3.27. The highest BCUT2D eigenvalue weighted by molar-refractivity contribution is 6.40. The van der Waals surface area contributed by atoms with Gasteiger partial charge in [-0.1, -0.05) is 53.5 Å². The van der Waals surface area contributed by atoms with Crippen molar-refractivity contribution in [3.05, 3.63) is 99.9 Å². The topological polar surface area (TPSA) is 86.1 Å². The maximum atomic E-state index is 13.1. The number of esters is 1. The van der Waals surface area contributed by atoms with Crippen LogP contribution in [0.5, 0.6) is 0 Å². The molecule has 0 saturated carbocycles. The van der Waals surface area contributed by atoms with Crippen molar-refractivity contribution in [3.8, 4) is 0 Å². The van der Waals surface area contributed by atoms with Crippen molar-refractivity contribution < 1.29 is 14.3 Å². The molecule has 0 spiro atoms. The molecule has 0 bridgehead atoms. The van der Waals surface area contributed by atoms with Crippen molar-refractivity contribution in [1.82, 2.24) is 14.5 Å². The zero-order valence-corrected chi connectivity index (χ0v) is 20.7. The van der Waals surface area contributed by atoms with Crippen molar-refractivity contribution in [2.75, 3.05) is 11.9 Å². The number of anilines is 1. The smallest absolute Gasteiger partial charge is 0.340 e. The summed E-state index contributed by atoms with van der Waals surface area (Å²) in [6.07, 6.45) is 3.21. The van der Waals surface area contributed by atoms with Gasteiger partial charge in [-0.15, -0.1) is 0 Å². The third-order valence-electron chi connectivity index (χ3n) is 5.80. The molecule has 5 aromatic rings. The van der Waals surface area contributed by atoms with Crippen molar-refractivity contribution in [1.29, 1.82) is 0 Å². The van der Waals surface area contributed by atoms with Gasteiger partial charge in [-0.05, 0) is 42.8 Å². The van der Waals surface area contributed by atoms with Crippen LogP contribution in [0.2, 0.25) is 10.0 Å². The number of rotatable bonds is 6. The molecular weight excluding hydrogens is 499 g/mol. The number of nitrogens with one attached hydrogen (secondary N) is 1. The maximum absolute atomic E-state index is 13.1. The lowest BCUT2D eigenvalue weighted by molar-refractivity contribution is 0.0524. The number of nitrogens with zero attached hydrogens (tertiary/aromatic N) is 3. The maximum Gasteiger partial charge on any atom is 0.340 e. The Labute approximate surface area is 216 Å². The molecular formula is C27H20Cl2N4O3. The van der Waals surface area contributed by atoms with Gasteiger partial charge in [0, 0.05) is 11.6 Å². The van der Waals surface area contributed by atoms with Crippen molar-refractivity contribution in [2.24, 2.45) is 0 Å². The number of amides is 1. The van der Waals surface area contributed by atoms with E-state index in [1.807, 2.05) is 34.9 Å². The molecule has 0 aliphatic heterocycles. The minimum absolute atomic E-state index is 0.172. The minimum atomic E-state index is -0.469. The molecule has 2 aromatic heterocycles. The monoisotopic (exact) mass is 518 g/mol. The Hall–Kier alpha value is -3.94. The van der Waals surface area contributed by atoms with E-state index in [4.69, 9.17) is 27.9 Å². The molecule has 180 valence electrons. The number of imidazole rings is 1. The van der Waals surface area contributed by atoms with Crippen LogP contribution in [-0.4, -0.2) is 33.0 Å². The zero-order valence-electron chi connectivity index (χ0n) is 19.2. The number of benzene rings is 3. The number of halogens is 2. The molecule has 36 heavy (non-hydrogen) atoms. The number of carbonyl (C=O) groups is 2. The highest BCUT2D eigenvalue weighted by Crippen LogP contribution is 2.31. The molecule has 2 heterocycles. The van der Waals surface area contributed by atoms with Gasteiger partial charge in [0.25, 0.3) is 5.91 Å². The molecule has 7 nitrogen and oxygen atoms in total. The molecule has 0 fully saturated rings. The summed E-state index contributed by atoms with van der Waals surface area (Å²) in [6, 6.07) is 18.0. The second kappa shape index (κ2) is 9.97. The number of pyridine rings is 1. The van der Waals surface area contributed by atoms with Gasteiger partial charge in [-0.3, -0.25) is 9.78 Å². The largest absolute Gasteiger partial charge is 0.462 e. The summed E-state index contributed by atoms with van der Waals surface area (Å²) in [4.78, 5) is 34.9. The Bertz CT molecular complexity index is 1610.